The third-order valence-corrected chi connectivity index (χ3v) is 7.18. The van der Waals surface area contributed by atoms with Crippen molar-refractivity contribution in [2.45, 2.75) is 56.4 Å². The highest BCUT2D eigenvalue weighted by Gasteiger charge is 2.51. The van der Waals surface area contributed by atoms with Crippen LogP contribution in [0.1, 0.15) is 37.8 Å². The van der Waals surface area contributed by atoms with Crippen molar-refractivity contribution in [1.29, 1.82) is 5.26 Å². The van der Waals surface area contributed by atoms with E-state index in [0.717, 1.165) is 24.0 Å². The summed E-state index contributed by atoms with van der Waals surface area (Å²) in [5, 5.41) is 23.1. The van der Waals surface area contributed by atoms with Gasteiger partial charge in [0.25, 0.3) is 0 Å². The highest BCUT2D eigenvalue weighted by Crippen LogP contribution is 2.38. The summed E-state index contributed by atoms with van der Waals surface area (Å²) >= 11 is 0. The first kappa shape index (κ1) is 21.5. The quantitative estimate of drug-likeness (QED) is 0.629. The minimum Gasteiger partial charge on any atom is -0.330 e. The first-order chi connectivity index (χ1) is 16.0. The van der Waals surface area contributed by atoms with E-state index in [-0.39, 0.29) is 36.0 Å². The number of nitrogens with zero attached hydrogens (tertiary/aromatic N) is 7. The predicted octanol–water partition coefficient (Wildman–Crippen LogP) is 0.0547. The molecule has 11 heteroatoms. The van der Waals surface area contributed by atoms with Crippen LogP contribution in [0, 0.1) is 11.3 Å². The molecule has 3 aliphatic heterocycles. The summed E-state index contributed by atoms with van der Waals surface area (Å²) in [6.07, 6.45) is 2.27. The standard InChI is InChI=1S/C22H27N9O2/c1-13(14-4-6-15(7-5-14)20-25-27-28-26-20)31-17-9-19(22(31)33)29(11-17)12-18(24)21(32)30-8-2-3-16(30)10-23/h4-7,13,16-19H,2-3,8-9,11-12,24H2,1H3,(H,25,26,27,28)/t13?,16?,17-,18?,19?/m0/s1. The second-order valence-corrected chi connectivity index (χ2v) is 9.08. The minimum atomic E-state index is -0.727. The molecule has 2 amide bonds. The molecule has 172 valence electrons. The zero-order valence-corrected chi connectivity index (χ0v) is 18.5. The fraction of sp³-hybridized carbons (Fsp3) is 0.545. The van der Waals surface area contributed by atoms with Gasteiger partial charge in [-0.3, -0.25) is 14.5 Å². The zero-order chi connectivity index (χ0) is 23.1. The molecule has 0 spiro atoms. The number of likely N-dealkylation sites (tertiary alicyclic amines) is 3. The van der Waals surface area contributed by atoms with E-state index in [1.54, 1.807) is 4.90 Å². The number of nitrogens with two attached hydrogens (primary N) is 1. The van der Waals surface area contributed by atoms with Crippen LogP contribution in [0.15, 0.2) is 24.3 Å². The van der Waals surface area contributed by atoms with Crippen LogP contribution in [-0.2, 0) is 9.59 Å². The Hall–Kier alpha value is -3.36. The Morgan fingerprint density at radius 2 is 2.15 bits per heavy atom. The molecule has 4 unspecified atom stereocenters. The van der Waals surface area contributed by atoms with Gasteiger partial charge >= 0.3 is 0 Å². The normalized spacial score (nSPS) is 26.6. The van der Waals surface area contributed by atoms with Crippen molar-refractivity contribution in [2.75, 3.05) is 19.6 Å². The Morgan fingerprint density at radius 1 is 1.36 bits per heavy atom. The second kappa shape index (κ2) is 8.53. The average molecular weight is 450 g/mol. The summed E-state index contributed by atoms with van der Waals surface area (Å²) in [7, 11) is 0. The van der Waals surface area contributed by atoms with Gasteiger partial charge in [0.05, 0.1) is 24.2 Å². The molecule has 1 aromatic heterocycles. The molecule has 33 heavy (non-hydrogen) atoms. The van der Waals surface area contributed by atoms with E-state index in [9.17, 15) is 14.9 Å². The van der Waals surface area contributed by atoms with E-state index in [1.165, 1.54) is 0 Å². The molecule has 4 heterocycles. The minimum absolute atomic E-state index is 0.0622. The maximum atomic E-state index is 13.2. The number of nitrogens with one attached hydrogen (secondary N) is 1. The summed E-state index contributed by atoms with van der Waals surface area (Å²) in [6.45, 7) is 3.65. The van der Waals surface area contributed by atoms with Crippen molar-refractivity contribution in [3.8, 4) is 17.5 Å². The summed E-state index contributed by atoms with van der Waals surface area (Å²) in [5.74, 6) is 0.488. The van der Waals surface area contributed by atoms with Gasteiger partial charge in [-0.05, 0) is 42.2 Å². The van der Waals surface area contributed by atoms with E-state index >= 15 is 0 Å². The Morgan fingerprint density at radius 3 is 2.82 bits per heavy atom. The highest BCUT2D eigenvalue weighted by molar-refractivity contribution is 5.87. The van der Waals surface area contributed by atoms with Crippen molar-refractivity contribution in [3.63, 3.8) is 0 Å². The summed E-state index contributed by atoms with van der Waals surface area (Å²) in [6, 6.07) is 8.73. The maximum absolute atomic E-state index is 13.2. The fourth-order valence-corrected chi connectivity index (χ4v) is 5.47. The van der Waals surface area contributed by atoms with Gasteiger partial charge in [-0.2, -0.15) is 5.26 Å². The zero-order valence-electron chi connectivity index (χ0n) is 18.5. The molecular weight excluding hydrogens is 422 g/mol. The molecule has 0 saturated carbocycles. The van der Waals surface area contributed by atoms with Gasteiger partial charge in [0.15, 0.2) is 5.82 Å². The molecule has 1 aromatic carbocycles. The number of carbonyl (C=O) groups excluding carboxylic acids is 2. The number of hydrogen-bond donors (Lipinski definition) is 2. The largest absolute Gasteiger partial charge is 0.330 e. The molecule has 0 radical (unpaired) electrons. The lowest BCUT2D eigenvalue weighted by molar-refractivity contribution is -0.140. The van der Waals surface area contributed by atoms with Crippen molar-refractivity contribution >= 4 is 11.8 Å². The van der Waals surface area contributed by atoms with Crippen LogP contribution in [0.5, 0.6) is 0 Å². The third kappa shape index (κ3) is 3.75. The number of amides is 2. The lowest BCUT2D eigenvalue weighted by Crippen LogP contribution is -2.56. The van der Waals surface area contributed by atoms with Crippen LogP contribution in [0.2, 0.25) is 0 Å². The molecule has 3 fully saturated rings. The Balaban J connectivity index is 1.22. The topological polar surface area (TPSA) is 148 Å². The molecule has 0 aliphatic carbocycles. The van der Waals surface area contributed by atoms with Gasteiger partial charge in [0.2, 0.25) is 11.8 Å². The lowest BCUT2D eigenvalue weighted by Gasteiger charge is -2.38. The lowest BCUT2D eigenvalue weighted by atomic mass is 10.0. The molecule has 3 aliphatic rings. The summed E-state index contributed by atoms with van der Waals surface area (Å²) in [5.41, 5.74) is 8.15. The Bertz CT molecular complexity index is 1060. The van der Waals surface area contributed by atoms with Gasteiger partial charge < -0.3 is 15.5 Å². The number of H-pyrrole nitrogens is 1. The number of benzene rings is 1. The highest BCUT2D eigenvalue weighted by atomic mass is 16.2. The van der Waals surface area contributed by atoms with Crippen molar-refractivity contribution < 1.29 is 9.59 Å². The molecule has 3 N–H and O–H groups in total. The van der Waals surface area contributed by atoms with Gasteiger partial charge in [-0.25, -0.2) is 5.10 Å². The van der Waals surface area contributed by atoms with Gasteiger partial charge in [0, 0.05) is 31.2 Å². The SMILES string of the molecule is CC(c1ccc(-c2nnn[nH]2)cc1)N1C(=O)C2C[C@H]1CN2CC(N)C(=O)N1CCCC1C#N. The van der Waals surface area contributed by atoms with Crippen LogP contribution in [0.4, 0.5) is 0 Å². The number of piperazine rings is 1. The number of nitriles is 1. The van der Waals surface area contributed by atoms with Gasteiger partial charge in [-0.1, -0.05) is 24.3 Å². The van der Waals surface area contributed by atoms with E-state index in [2.05, 4.69) is 26.7 Å². The Kier molecular flexibility index (Phi) is 5.55. The van der Waals surface area contributed by atoms with E-state index in [0.29, 0.717) is 31.9 Å². The number of carbonyl (C=O) groups is 2. The van der Waals surface area contributed by atoms with E-state index in [4.69, 9.17) is 5.73 Å². The molecule has 5 atom stereocenters. The number of tetrazole rings is 1. The van der Waals surface area contributed by atoms with Crippen molar-refractivity contribution in [1.82, 2.24) is 35.3 Å². The molecule has 2 bridgehead atoms. The molecule has 11 nitrogen and oxygen atoms in total. The van der Waals surface area contributed by atoms with E-state index in [1.807, 2.05) is 41.0 Å². The van der Waals surface area contributed by atoms with Crippen LogP contribution >= 0.6 is 0 Å². The molecule has 2 aromatic rings. The molecular formula is C22H27N9O2. The Labute approximate surface area is 191 Å². The van der Waals surface area contributed by atoms with Crippen LogP contribution < -0.4 is 5.73 Å². The fourth-order valence-electron chi connectivity index (χ4n) is 5.47. The van der Waals surface area contributed by atoms with Gasteiger partial charge in [0.1, 0.15) is 6.04 Å². The van der Waals surface area contributed by atoms with Crippen molar-refractivity contribution in [2.24, 2.45) is 5.73 Å². The molecule has 3 saturated heterocycles. The number of aromatic nitrogens is 4. The first-order valence-corrected chi connectivity index (χ1v) is 11.3. The van der Waals surface area contributed by atoms with E-state index < -0.39 is 6.04 Å². The number of rotatable bonds is 6. The van der Waals surface area contributed by atoms with Crippen LogP contribution in [0.3, 0.4) is 0 Å². The van der Waals surface area contributed by atoms with Gasteiger partial charge in [-0.15, -0.1) is 5.10 Å². The number of fused-ring (bicyclic) bond motifs is 2. The third-order valence-electron chi connectivity index (χ3n) is 7.18. The second-order valence-electron chi connectivity index (χ2n) is 9.08. The first-order valence-electron chi connectivity index (χ1n) is 11.3. The predicted molar refractivity (Wildman–Crippen MR) is 117 cm³/mol. The smallest absolute Gasteiger partial charge is 0.241 e. The van der Waals surface area contributed by atoms with Crippen LogP contribution in [-0.4, -0.2) is 90.9 Å². The number of hydrogen-bond acceptors (Lipinski definition) is 8. The summed E-state index contributed by atoms with van der Waals surface area (Å²) in [4.78, 5) is 31.6. The number of aromatic amines is 1. The van der Waals surface area contributed by atoms with Crippen molar-refractivity contribution in [3.05, 3.63) is 29.8 Å². The maximum Gasteiger partial charge on any atom is 0.241 e. The van der Waals surface area contributed by atoms with Crippen LogP contribution in [0.25, 0.3) is 11.4 Å². The average Bonchev–Trinajstić information content (AvgIpc) is 3.62. The molecule has 5 rings (SSSR count). The summed E-state index contributed by atoms with van der Waals surface area (Å²) < 4.78 is 0. The monoisotopic (exact) mass is 449 g/mol.